The van der Waals surface area contributed by atoms with E-state index in [0.717, 1.165) is 11.3 Å². The van der Waals surface area contributed by atoms with E-state index in [4.69, 9.17) is 5.11 Å². The van der Waals surface area contributed by atoms with Crippen LogP contribution in [0.3, 0.4) is 0 Å². The maximum atomic E-state index is 12.1. The van der Waals surface area contributed by atoms with Gasteiger partial charge in [-0.2, -0.15) is 0 Å². The molecule has 0 aliphatic carbocycles. The zero-order valence-corrected chi connectivity index (χ0v) is 12.5. The molecule has 2 N–H and O–H groups in total. The summed E-state index contributed by atoms with van der Waals surface area (Å²) in [6.45, 7) is 0. The highest BCUT2D eigenvalue weighted by atomic mass is 79.9. The summed E-state index contributed by atoms with van der Waals surface area (Å²) in [5, 5.41) is 10.6. The second-order valence-corrected chi connectivity index (χ2v) is 7.16. The van der Waals surface area contributed by atoms with Crippen LogP contribution in [0.25, 0.3) is 0 Å². The SMILES string of the molecule is O=C(O)c1ccccc1NS(=O)(=O)c1sccc1Br. The van der Waals surface area contributed by atoms with Crippen molar-refractivity contribution >= 4 is 48.9 Å². The van der Waals surface area contributed by atoms with Crippen LogP contribution in [-0.2, 0) is 10.0 Å². The summed E-state index contributed by atoms with van der Waals surface area (Å²) in [6, 6.07) is 7.45. The van der Waals surface area contributed by atoms with E-state index in [2.05, 4.69) is 20.7 Å². The number of halogens is 1. The Hall–Kier alpha value is -1.38. The van der Waals surface area contributed by atoms with E-state index in [1.54, 1.807) is 17.5 Å². The minimum Gasteiger partial charge on any atom is -0.478 e. The smallest absolute Gasteiger partial charge is 0.337 e. The number of thiophene rings is 1. The van der Waals surface area contributed by atoms with E-state index in [-0.39, 0.29) is 15.5 Å². The van der Waals surface area contributed by atoms with Gasteiger partial charge in [0.1, 0.15) is 0 Å². The van der Waals surface area contributed by atoms with Crippen LogP contribution >= 0.6 is 27.3 Å². The summed E-state index contributed by atoms with van der Waals surface area (Å²) >= 11 is 4.18. The number of anilines is 1. The number of carboxylic acid groups (broad SMARTS) is 1. The highest BCUT2D eigenvalue weighted by Crippen LogP contribution is 2.30. The highest BCUT2D eigenvalue weighted by molar-refractivity contribution is 9.10. The fourth-order valence-electron chi connectivity index (χ4n) is 1.42. The number of carbonyl (C=O) groups is 1. The molecule has 0 atom stereocenters. The molecule has 5 nitrogen and oxygen atoms in total. The van der Waals surface area contributed by atoms with E-state index < -0.39 is 16.0 Å². The monoisotopic (exact) mass is 361 g/mol. The Labute approximate surface area is 122 Å². The van der Waals surface area contributed by atoms with Gasteiger partial charge in [-0.3, -0.25) is 4.72 Å². The predicted molar refractivity (Wildman–Crippen MR) is 76.2 cm³/mol. The van der Waals surface area contributed by atoms with Crippen LogP contribution < -0.4 is 4.72 Å². The Morgan fingerprint density at radius 3 is 2.53 bits per heavy atom. The van der Waals surface area contributed by atoms with Crippen molar-refractivity contribution in [1.82, 2.24) is 0 Å². The number of hydrogen-bond acceptors (Lipinski definition) is 4. The van der Waals surface area contributed by atoms with E-state index in [1.807, 2.05) is 0 Å². The fraction of sp³-hybridized carbons (Fsp3) is 0. The molecule has 19 heavy (non-hydrogen) atoms. The number of rotatable bonds is 4. The van der Waals surface area contributed by atoms with E-state index in [0.29, 0.717) is 4.47 Å². The summed E-state index contributed by atoms with van der Waals surface area (Å²) in [6.07, 6.45) is 0. The first-order valence-electron chi connectivity index (χ1n) is 5.00. The molecule has 0 saturated heterocycles. The van der Waals surface area contributed by atoms with E-state index >= 15 is 0 Å². The zero-order valence-electron chi connectivity index (χ0n) is 9.33. The molecule has 0 bridgehead atoms. The van der Waals surface area contributed by atoms with Gasteiger partial charge in [0.15, 0.2) is 4.21 Å². The maximum Gasteiger partial charge on any atom is 0.337 e. The molecule has 1 aromatic carbocycles. The zero-order chi connectivity index (χ0) is 14.0. The number of aromatic carboxylic acids is 1. The molecule has 1 heterocycles. The van der Waals surface area contributed by atoms with Crippen LogP contribution in [0.4, 0.5) is 5.69 Å². The Bertz CT molecular complexity index is 724. The molecule has 8 heteroatoms. The van der Waals surface area contributed by atoms with Gasteiger partial charge in [0.05, 0.1) is 11.3 Å². The summed E-state index contributed by atoms with van der Waals surface area (Å²) in [7, 11) is -3.80. The van der Waals surface area contributed by atoms with Crippen molar-refractivity contribution in [3.05, 3.63) is 45.7 Å². The lowest BCUT2D eigenvalue weighted by atomic mass is 10.2. The van der Waals surface area contributed by atoms with Gasteiger partial charge in [0.2, 0.25) is 0 Å². The van der Waals surface area contributed by atoms with Gasteiger partial charge in [0.25, 0.3) is 10.0 Å². The first kappa shape index (κ1) is 14.0. The predicted octanol–water partition coefficient (Wildman–Crippen LogP) is 3.01. The third-order valence-corrected chi connectivity index (χ3v) is 6.27. The fourth-order valence-corrected chi connectivity index (χ4v) is 4.84. The molecule has 0 amide bonds. The molecule has 100 valence electrons. The minimum absolute atomic E-state index is 0.0373. The quantitative estimate of drug-likeness (QED) is 0.876. The molecular formula is C11H8BrNO4S2. The van der Waals surface area contributed by atoms with Crippen LogP contribution in [0.2, 0.25) is 0 Å². The Balaban J connectivity index is 2.42. The molecule has 0 aliphatic rings. The number of para-hydroxylation sites is 1. The van der Waals surface area contributed by atoms with E-state index in [1.165, 1.54) is 18.2 Å². The molecule has 0 spiro atoms. The molecule has 0 saturated carbocycles. The van der Waals surface area contributed by atoms with Gasteiger partial charge in [0, 0.05) is 4.47 Å². The summed E-state index contributed by atoms with van der Waals surface area (Å²) in [5.41, 5.74) is -0.0611. The van der Waals surface area contributed by atoms with Gasteiger partial charge >= 0.3 is 5.97 Å². The minimum atomic E-state index is -3.80. The maximum absolute atomic E-state index is 12.1. The van der Waals surface area contributed by atoms with Crippen molar-refractivity contribution in [1.29, 1.82) is 0 Å². The first-order valence-corrected chi connectivity index (χ1v) is 8.15. The number of sulfonamides is 1. The lowest BCUT2D eigenvalue weighted by molar-refractivity contribution is 0.0698. The number of hydrogen-bond donors (Lipinski definition) is 2. The van der Waals surface area contributed by atoms with Crippen molar-refractivity contribution in [2.45, 2.75) is 4.21 Å². The number of benzene rings is 1. The van der Waals surface area contributed by atoms with Crippen molar-refractivity contribution < 1.29 is 18.3 Å². The Morgan fingerprint density at radius 2 is 1.95 bits per heavy atom. The molecule has 1 aromatic heterocycles. The van der Waals surface area contributed by atoms with Crippen molar-refractivity contribution in [3.8, 4) is 0 Å². The highest BCUT2D eigenvalue weighted by Gasteiger charge is 2.21. The van der Waals surface area contributed by atoms with Gasteiger partial charge in [-0.05, 0) is 39.5 Å². The van der Waals surface area contributed by atoms with Crippen molar-refractivity contribution in [3.63, 3.8) is 0 Å². The molecular weight excluding hydrogens is 354 g/mol. The molecule has 0 fully saturated rings. The normalized spacial score (nSPS) is 11.2. The van der Waals surface area contributed by atoms with Gasteiger partial charge in [-0.15, -0.1) is 11.3 Å². The lowest BCUT2D eigenvalue weighted by Gasteiger charge is -2.09. The largest absolute Gasteiger partial charge is 0.478 e. The van der Waals surface area contributed by atoms with E-state index in [9.17, 15) is 13.2 Å². The third kappa shape index (κ3) is 2.96. The average molecular weight is 362 g/mol. The van der Waals surface area contributed by atoms with Gasteiger partial charge in [-0.1, -0.05) is 12.1 Å². The second-order valence-electron chi connectivity index (χ2n) is 3.51. The van der Waals surface area contributed by atoms with Gasteiger partial charge < -0.3 is 5.11 Å². The summed E-state index contributed by atoms with van der Waals surface area (Å²) < 4.78 is 27.1. The van der Waals surface area contributed by atoms with Crippen LogP contribution in [0.1, 0.15) is 10.4 Å². The van der Waals surface area contributed by atoms with Crippen LogP contribution in [0, 0.1) is 0 Å². The molecule has 0 radical (unpaired) electrons. The molecule has 2 aromatic rings. The van der Waals surface area contributed by atoms with Crippen LogP contribution in [0.15, 0.2) is 44.4 Å². The third-order valence-electron chi connectivity index (χ3n) is 2.23. The topological polar surface area (TPSA) is 83.5 Å². The number of nitrogens with one attached hydrogen (secondary N) is 1. The van der Waals surface area contributed by atoms with Crippen molar-refractivity contribution in [2.75, 3.05) is 4.72 Å². The Kier molecular flexibility index (Phi) is 3.93. The van der Waals surface area contributed by atoms with Crippen LogP contribution in [0.5, 0.6) is 0 Å². The lowest BCUT2D eigenvalue weighted by Crippen LogP contribution is -2.14. The average Bonchev–Trinajstić information content (AvgIpc) is 2.76. The van der Waals surface area contributed by atoms with Crippen LogP contribution in [-0.4, -0.2) is 19.5 Å². The standard InChI is InChI=1S/C11H8BrNO4S2/c12-8-5-6-18-11(8)19(16,17)13-9-4-2-1-3-7(9)10(14)15/h1-6,13H,(H,14,15). The summed E-state index contributed by atoms with van der Waals surface area (Å²) in [4.78, 5) is 11.0. The molecule has 0 unspecified atom stereocenters. The second kappa shape index (κ2) is 5.32. The summed E-state index contributed by atoms with van der Waals surface area (Å²) in [5.74, 6) is -1.19. The number of carboxylic acids is 1. The Morgan fingerprint density at radius 1 is 1.26 bits per heavy atom. The molecule has 2 rings (SSSR count). The molecule has 0 aliphatic heterocycles. The van der Waals surface area contributed by atoms with Gasteiger partial charge in [-0.25, -0.2) is 13.2 Å². The van der Waals surface area contributed by atoms with Crippen molar-refractivity contribution in [2.24, 2.45) is 0 Å². The first-order chi connectivity index (χ1) is 8.92.